The minimum Gasteiger partial charge on any atom is -0.350 e. The van der Waals surface area contributed by atoms with Crippen LogP contribution in [0.4, 0.5) is 0 Å². The zero-order chi connectivity index (χ0) is 10.4. The third kappa shape index (κ3) is 3.39. The van der Waals surface area contributed by atoms with Crippen molar-refractivity contribution in [3.8, 4) is 0 Å². The zero-order valence-electron chi connectivity index (χ0n) is 8.28. The summed E-state index contributed by atoms with van der Waals surface area (Å²) >= 11 is 1.10. The number of amides is 1. The van der Waals surface area contributed by atoms with E-state index in [-0.39, 0.29) is 11.9 Å². The van der Waals surface area contributed by atoms with Gasteiger partial charge in [-0.3, -0.25) is 4.79 Å². The molecule has 1 aromatic rings. The van der Waals surface area contributed by atoms with Gasteiger partial charge in [0.1, 0.15) is 4.88 Å². The second kappa shape index (κ2) is 5.66. The highest BCUT2D eigenvalue weighted by Crippen LogP contribution is 2.00. The van der Waals surface area contributed by atoms with E-state index >= 15 is 0 Å². The molecule has 1 aromatic heterocycles. The van der Waals surface area contributed by atoms with Crippen LogP contribution in [0, 0.1) is 0 Å². The van der Waals surface area contributed by atoms with Crippen LogP contribution < -0.4 is 10.6 Å². The molecule has 14 heavy (non-hydrogen) atoms. The monoisotopic (exact) mass is 214 g/mol. The minimum absolute atomic E-state index is 0.107. The van der Waals surface area contributed by atoms with Gasteiger partial charge in [-0.1, -0.05) is 11.4 Å². The molecule has 0 saturated heterocycles. The summed E-state index contributed by atoms with van der Waals surface area (Å²) in [4.78, 5) is 12.0. The summed E-state index contributed by atoms with van der Waals surface area (Å²) in [5, 5.41) is 9.60. The number of nitrogens with one attached hydrogen (secondary N) is 2. The molecular formula is C8H14N4OS. The Morgan fingerprint density at radius 2 is 2.50 bits per heavy atom. The Labute approximate surface area is 87.1 Å². The summed E-state index contributed by atoms with van der Waals surface area (Å²) in [7, 11) is 0. The van der Waals surface area contributed by atoms with Gasteiger partial charge in [0, 0.05) is 12.6 Å². The van der Waals surface area contributed by atoms with Crippen molar-refractivity contribution in [1.82, 2.24) is 20.2 Å². The minimum atomic E-state index is -0.107. The summed E-state index contributed by atoms with van der Waals surface area (Å²) in [5.41, 5.74) is 0. The Morgan fingerprint density at radius 1 is 1.71 bits per heavy atom. The van der Waals surface area contributed by atoms with Gasteiger partial charge in [0.2, 0.25) is 0 Å². The van der Waals surface area contributed by atoms with Crippen LogP contribution in [0.1, 0.15) is 23.5 Å². The first kappa shape index (κ1) is 11.1. The van der Waals surface area contributed by atoms with Crippen molar-refractivity contribution in [2.24, 2.45) is 0 Å². The van der Waals surface area contributed by atoms with Crippen LogP contribution in [0.5, 0.6) is 0 Å². The summed E-state index contributed by atoms with van der Waals surface area (Å²) in [6.45, 7) is 5.57. The Kier molecular flexibility index (Phi) is 4.48. The van der Waals surface area contributed by atoms with Gasteiger partial charge in [-0.15, -0.1) is 5.10 Å². The van der Waals surface area contributed by atoms with Crippen LogP contribution in [0.15, 0.2) is 6.20 Å². The zero-order valence-corrected chi connectivity index (χ0v) is 9.10. The molecule has 2 N–H and O–H groups in total. The number of carbonyl (C=O) groups is 1. The molecule has 0 aromatic carbocycles. The van der Waals surface area contributed by atoms with Gasteiger partial charge in [-0.05, 0) is 25.0 Å². The number of rotatable bonds is 5. The largest absolute Gasteiger partial charge is 0.350 e. The lowest BCUT2D eigenvalue weighted by molar-refractivity contribution is 0.0954. The number of nitrogens with zero attached hydrogens (tertiary/aromatic N) is 2. The third-order valence-corrected chi connectivity index (χ3v) is 2.37. The van der Waals surface area contributed by atoms with Crippen LogP contribution in [-0.4, -0.2) is 34.6 Å². The second-order valence-corrected chi connectivity index (χ2v) is 3.74. The van der Waals surface area contributed by atoms with Crippen LogP contribution in [-0.2, 0) is 0 Å². The van der Waals surface area contributed by atoms with Crippen molar-refractivity contribution in [3.05, 3.63) is 11.1 Å². The van der Waals surface area contributed by atoms with Gasteiger partial charge < -0.3 is 10.6 Å². The molecule has 0 unspecified atom stereocenters. The van der Waals surface area contributed by atoms with Crippen molar-refractivity contribution in [2.45, 2.75) is 19.9 Å². The Balaban J connectivity index is 2.28. The topological polar surface area (TPSA) is 66.9 Å². The first-order valence-corrected chi connectivity index (χ1v) is 5.30. The summed E-state index contributed by atoms with van der Waals surface area (Å²) in [5.74, 6) is -0.107. The molecule has 78 valence electrons. The molecule has 0 radical (unpaired) electrons. The number of likely N-dealkylation sites (N-methyl/N-ethyl adjacent to an activating group) is 1. The maximum atomic E-state index is 11.4. The smallest absolute Gasteiger partial charge is 0.264 e. The van der Waals surface area contributed by atoms with Crippen LogP contribution in [0.25, 0.3) is 0 Å². The molecule has 0 fully saturated rings. The first-order chi connectivity index (χ1) is 6.74. The van der Waals surface area contributed by atoms with Crippen LogP contribution in [0.3, 0.4) is 0 Å². The van der Waals surface area contributed by atoms with Gasteiger partial charge in [-0.25, -0.2) is 0 Å². The fraction of sp³-hybridized carbons (Fsp3) is 0.625. The van der Waals surface area contributed by atoms with Crippen molar-refractivity contribution < 1.29 is 4.79 Å². The summed E-state index contributed by atoms with van der Waals surface area (Å²) in [6, 6.07) is 0.282. The maximum Gasteiger partial charge on any atom is 0.264 e. The van der Waals surface area contributed by atoms with Crippen molar-refractivity contribution >= 4 is 17.4 Å². The maximum absolute atomic E-state index is 11.4. The van der Waals surface area contributed by atoms with E-state index in [0.29, 0.717) is 11.4 Å². The fourth-order valence-corrected chi connectivity index (χ4v) is 1.45. The van der Waals surface area contributed by atoms with Gasteiger partial charge in [0.15, 0.2) is 0 Å². The Bertz CT molecular complexity index is 275. The van der Waals surface area contributed by atoms with Crippen molar-refractivity contribution in [3.63, 3.8) is 0 Å². The molecule has 0 aliphatic carbocycles. The standard InChI is InChI=1S/C8H14N4OS/c1-3-9-6(2)4-10-8(13)7-5-11-12-14-7/h5-6,9H,3-4H2,1-2H3,(H,10,13)/t6-/m1/s1. The van der Waals surface area contributed by atoms with E-state index in [9.17, 15) is 4.79 Å². The molecule has 0 spiro atoms. The fourth-order valence-electron chi connectivity index (χ4n) is 1.02. The molecule has 0 aliphatic rings. The van der Waals surface area contributed by atoms with Gasteiger partial charge in [0.05, 0.1) is 6.20 Å². The van der Waals surface area contributed by atoms with E-state index in [4.69, 9.17) is 0 Å². The van der Waals surface area contributed by atoms with E-state index in [2.05, 4.69) is 20.2 Å². The summed E-state index contributed by atoms with van der Waals surface area (Å²) in [6.07, 6.45) is 1.47. The lowest BCUT2D eigenvalue weighted by atomic mass is 10.3. The quantitative estimate of drug-likeness (QED) is 0.738. The second-order valence-electron chi connectivity index (χ2n) is 2.95. The normalized spacial score (nSPS) is 12.4. The first-order valence-electron chi connectivity index (χ1n) is 4.53. The SMILES string of the molecule is CCN[C@H](C)CNC(=O)c1cnns1. The molecule has 1 atom stereocenters. The number of hydrogen-bond acceptors (Lipinski definition) is 5. The van der Waals surface area contributed by atoms with Gasteiger partial charge in [-0.2, -0.15) is 0 Å². The van der Waals surface area contributed by atoms with Gasteiger partial charge in [0.25, 0.3) is 5.91 Å². The lowest BCUT2D eigenvalue weighted by Gasteiger charge is -2.12. The van der Waals surface area contributed by atoms with E-state index in [1.807, 2.05) is 13.8 Å². The van der Waals surface area contributed by atoms with E-state index in [1.165, 1.54) is 6.20 Å². The van der Waals surface area contributed by atoms with Gasteiger partial charge >= 0.3 is 0 Å². The van der Waals surface area contributed by atoms with Crippen molar-refractivity contribution in [1.29, 1.82) is 0 Å². The Morgan fingerprint density at radius 3 is 3.07 bits per heavy atom. The predicted molar refractivity (Wildman–Crippen MR) is 55.4 cm³/mol. The molecule has 1 heterocycles. The molecule has 5 nitrogen and oxygen atoms in total. The summed E-state index contributed by atoms with van der Waals surface area (Å²) < 4.78 is 3.62. The molecule has 0 saturated carbocycles. The van der Waals surface area contributed by atoms with Crippen LogP contribution >= 0.6 is 11.5 Å². The highest BCUT2D eigenvalue weighted by Gasteiger charge is 2.08. The molecule has 1 rings (SSSR count). The molecule has 0 bridgehead atoms. The Hall–Kier alpha value is -1.01. The average Bonchev–Trinajstić information content (AvgIpc) is 2.67. The lowest BCUT2D eigenvalue weighted by Crippen LogP contribution is -2.38. The predicted octanol–water partition coefficient (Wildman–Crippen LogP) is 0.266. The van der Waals surface area contributed by atoms with E-state index < -0.39 is 0 Å². The highest BCUT2D eigenvalue weighted by molar-refractivity contribution is 7.07. The number of hydrogen-bond donors (Lipinski definition) is 2. The molecule has 1 amide bonds. The molecule has 6 heteroatoms. The number of aromatic nitrogens is 2. The highest BCUT2D eigenvalue weighted by atomic mass is 32.1. The number of carbonyl (C=O) groups excluding carboxylic acids is 1. The van der Waals surface area contributed by atoms with Crippen molar-refractivity contribution in [2.75, 3.05) is 13.1 Å². The van der Waals surface area contributed by atoms with E-state index in [1.54, 1.807) is 0 Å². The van der Waals surface area contributed by atoms with Crippen LogP contribution in [0.2, 0.25) is 0 Å². The molecular weight excluding hydrogens is 200 g/mol. The third-order valence-electron chi connectivity index (χ3n) is 1.71. The van der Waals surface area contributed by atoms with E-state index in [0.717, 1.165) is 18.1 Å². The average molecular weight is 214 g/mol. The molecule has 0 aliphatic heterocycles.